The van der Waals surface area contributed by atoms with Gasteiger partial charge in [-0.15, -0.1) is 0 Å². The lowest BCUT2D eigenvalue weighted by atomic mass is 9.99. The van der Waals surface area contributed by atoms with Gasteiger partial charge in [-0.2, -0.15) is 17.9 Å². The van der Waals surface area contributed by atoms with Crippen molar-refractivity contribution in [3.63, 3.8) is 0 Å². The van der Waals surface area contributed by atoms with E-state index in [2.05, 4.69) is 5.32 Å². The number of carbonyl (C=O) groups excluding carboxylic acids is 1. The van der Waals surface area contributed by atoms with Crippen LogP contribution in [-0.2, 0) is 23.0 Å². The molecule has 2 N–H and O–H groups in total. The first-order chi connectivity index (χ1) is 14.5. The minimum absolute atomic E-state index is 0.00423. The van der Waals surface area contributed by atoms with Crippen LogP contribution < -0.4 is 10.0 Å². The number of alkyl halides is 3. The van der Waals surface area contributed by atoms with Gasteiger partial charge in [0.15, 0.2) is 0 Å². The molecule has 31 heavy (non-hydrogen) atoms. The summed E-state index contributed by atoms with van der Waals surface area (Å²) in [7, 11) is -4.03. The molecule has 0 saturated carbocycles. The molecule has 10 heteroatoms. The van der Waals surface area contributed by atoms with Crippen LogP contribution in [0.5, 0.6) is 0 Å². The van der Waals surface area contributed by atoms with E-state index >= 15 is 0 Å². The summed E-state index contributed by atoms with van der Waals surface area (Å²) < 4.78 is 63.8. The number of carbonyl (C=O) groups is 1. The number of hydrogen-bond donors (Lipinski definition) is 2. The Bertz CT molecular complexity index is 1020. The molecule has 1 aliphatic rings. The number of fused-ring (bicyclic) bond motifs is 1. The maximum absolute atomic E-state index is 13.2. The van der Waals surface area contributed by atoms with Gasteiger partial charge in [0, 0.05) is 31.7 Å². The molecule has 0 aliphatic carbocycles. The first kappa shape index (κ1) is 23.2. The van der Waals surface area contributed by atoms with Crippen molar-refractivity contribution in [2.45, 2.75) is 25.2 Å². The summed E-state index contributed by atoms with van der Waals surface area (Å²) >= 11 is 0. The van der Waals surface area contributed by atoms with E-state index in [-0.39, 0.29) is 11.5 Å². The second kappa shape index (κ2) is 9.37. The van der Waals surface area contributed by atoms with Gasteiger partial charge in [-0.25, -0.2) is 8.42 Å². The monoisotopic (exact) mass is 455 g/mol. The molecule has 0 radical (unpaired) electrons. The molecular weight excluding hydrogens is 431 g/mol. The predicted octanol–water partition coefficient (Wildman–Crippen LogP) is 2.63. The molecule has 2 aromatic rings. The Balaban J connectivity index is 1.52. The Labute approximate surface area is 179 Å². The Morgan fingerprint density at radius 1 is 1.10 bits per heavy atom. The van der Waals surface area contributed by atoms with Crippen LogP contribution >= 0.6 is 0 Å². The zero-order valence-electron chi connectivity index (χ0n) is 16.9. The Kier molecular flexibility index (Phi) is 7.03. The fourth-order valence-corrected chi connectivity index (χ4v) is 4.20. The van der Waals surface area contributed by atoms with E-state index in [1.807, 2.05) is 24.3 Å². The standard InChI is InChI=1S/C21H24F3N3O3S/c1-31(29,30)26-19(21(22,23)24)17-8-6-15(7-9-17)14-25-11-13-27-12-10-16-4-2-3-5-18(16)20(27)28/h2-9,19,25-26H,10-14H2,1H3. The SMILES string of the molecule is CS(=O)(=O)NC(c1ccc(CNCCN2CCc3ccccc3C2=O)cc1)C(F)(F)F. The van der Waals surface area contributed by atoms with Crippen LogP contribution in [0.1, 0.15) is 33.1 Å². The highest BCUT2D eigenvalue weighted by Crippen LogP contribution is 2.33. The minimum atomic E-state index is -4.75. The number of sulfonamides is 1. The number of amides is 1. The van der Waals surface area contributed by atoms with Crippen molar-refractivity contribution in [1.29, 1.82) is 0 Å². The summed E-state index contributed by atoms with van der Waals surface area (Å²) in [6.45, 7) is 2.13. The highest BCUT2D eigenvalue weighted by Gasteiger charge is 2.42. The summed E-state index contributed by atoms with van der Waals surface area (Å²) in [5, 5.41) is 3.18. The van der Waals surface area contributed by atoms with Gasteiger partial charge in [0.2, 0.25) is 10.0 Å². The van der Waals surface area contributed by atoms with E-state index in [0.29, 0.717) is 32.4 Å². The lowest BCUT2D eigenvalue weighted by Gasteiger charge is -2.28. The molecule has 1 aliphatic heterocycles. The molecule has 6 nitrogen and oxygen atoms in total. The largest absolute Gasteiger partial charge is 0.408 e. The zero-order valence-corrected chi connectivity index (χ0v) is 17.8. The molecular formula is C21H24F3N3O3S. The number of rotatable bonds is 8. The molecule has 1 heterocycles. The van der Waals surface area contributed by atoms with Gasteiger partial charge >= 0.3 is 6.18 Å². The molecule has 0 spiro atoms. The Morgan fingerprint density at radius 2 is 1.77 bits per heavy atom. The summed E-state index contributed by atoms with van der Waals surface area (Å²) in [6.07, 6.45) is -3.25. The average molecular weight is 456 g/mol. The maximum Gasteiger partial charge on any atom is 0.408 e. The molecule has 0 aromatic heterocycles. The average Bonchev–Trinajstić information content (AvgIpc) is 2.70. The minimum Gasteiger partial charge on any atom is -0.337 e. The van der Waals surface area contributed by atoms with Gasteiger partial charge in [0.05, 0.1) is 6.26 Å². The van der Waals surface area contributed by atoms with Gasteiger partial charge in [-0.1, -0.05) is 42.5 Å². The molecule has 1 amide bonds. The van der Waals surface area contributed by atoms with Gasteiger partial charge in [0.25, 0.3) is 5.91 Å². The molecule has 0 fully saturated rings. The Morgan fingerprint density at radius 3 is 2.42 bits per heavy atom. The van der Waals surface area contributed by atoms with Crippen molar-refractivity contribution in [3.05, 3.63) is 70.8 Å². The smallest absolute Gasteiger partial charge is 0.337 e. The third kappa shape index (κ3) is 6.28. The van der Waals surface area contributed by atoms with E-state index in [1.165, 1.54) is 24.3 Å². The lowest BCUT2D eigenvalue weighted by molar-refractivity contribution is -0.153. The molecule has 0 bridgehead atoms. The first-order valence-corrected chi connectivity index (χ1v) is 11.6. The normalized spacial score (nSPS) is 15.6. The molecule has 0 saturated heterocycles. The van der Waals surface area contributed by atoms with Crippen LogP contribution in [0.2, 0.25) is 0 Å². The number of halogens is 3. The molecule has 168 valence electrons. The van der Waals surface area contributed by atoms with E-state index in [9.17, 15) is 26.4 Å². The van der Waals surface area contributed by atoms with Gasteiger partial charge in [-0.3, -0.25) is 4.79 Å². The zero-order chi connectivity index (χ0) is 22.6. The lowest BCUT2D eigenvalue weighted by Crippen LogP contribution is -2.41. The van der Waals surface area contributed by atoms with E-state index < -0.39 is 22.2 Å². The van der Waals surface area contributed by atoms with Crippen molar-refractivity contribution < 1.29 is 26.4 Å². The van der Waals surface area contributed by atoms with Crippen molar-refractivity contribution in [1.82, 2.24) is 14.9 Å². The van der Waals surface area contributed by atoms with E-state index in [4.69, 9.17) is 0 Å². The Hall–Kier alpha value is -2.43. The second-order valence-electron chi connectivity index (χ2n) is 7.48. The summed E-state index contributed by atoms with van der Waals surface area (Å²) in [6, 6.07) is 10.8. The summed E-state index contributed by atoms with van der Waals surface area (Å²) in [4.78, 5) is 14.3. The number of hydrogen-bond acceptors (Lipinski definition) is 4. The van der Waals surface area contributed by atoms with Gasteiger partial charge in [0.1, 0.15) is 6.04 Å². The van der Waals surface area contributed by atoms with Crippen molar-refractivity contribution in [3.8, 4) is 0 Å². The summed E-state index contributed by atoms with van der Waals surface area (Å²) in [5.41, 5.74) is 2.35. The highest BCUT2D eigenvalue weighted by atomic mass is 32.2. The van der Waals surface area contributed by atoms with Crippen LogP contribution in [0.3, 0.4) is 0 Å². The van der Waals surface area contributed by atoms with Crippen LogP contribution in [0.25, 0.3) is 0 Å². The number of nitrogens with one attached hydrogen (secondary N) is 2. The van der Waals surface area contributed by atoms with Gasteiger partial charge < -0.3 is 10.2 Å². The third-order valence-corrected chi connectivity index (χ3v) is 5.71. The van der Waals surface area contributed by atoms with Crippen LogP contribution in [-0.4, -0.2) is 51.3 Å². The second-order valence-corrected chi connectivity index (χ2v) is 9.26. The topological polar surface area (TPSA) is 78.5 Å². The third-order valence-electron chi connectivity index (χ3n) is 5.05. The van der Waals surface area contributed by atoms with Crippen LogP contribution in [0.4, 0.5) is 13.2 Å². The fourth-order valence-electron chi connectivity index (χ4n) is 3.50. The van der Waals surface area contributed by atoms with E-state index in [1.54, 1.807) is 9.62 Å². The molecule has 3 rings (SSSR count). The predicted molar refractivity (Wildman–Crippen MR) is 111 cm³/mol. The molecule has 2 aromatic carbocycles. The first-order valence-electron chi connectivity index (χ1n) is 9.75. The van der Waals surface area contributed by atoms with Crippen LogP contribution in [0, 0.1) is 0 Å². The molecule has 1 unspecified atom stereocenters. The number of nitrogens with zero attached hydrogens (tertiary/aromatic N) is 1. The quantitative estimate of drug-likeness (QED) is 0.600. The fraction of sp³-hybridized carbons (Fsp3) is 0.381. The van der Waals surface area contributed by atoms with Gasteiger partial charge in [-0.05, 0) is 29.2 Å². The van der Waals surface area contributed by atoms with Crippen molar-refractivity contribution in [2.75, 3.05) is 25.9 Å². The summed E-state index contributed by atoms with van der Waals surface area (Å²) in [5.74, 6) is 0.00423. The number of benzene rings is 2. The van der Waals surface area contributed by atoms with E-state index in [0.717, 1.165) is 23.1 Å². The van der Waals surface area contributed by atoms with Crippen molar-refractivity contribution in [2.24, 2.45) is 0 Å². The van der Waals surface area contributed by atoms with Crippen LogP contribution in [0.15, 0.2) is 48.5 Å². The maximum atomic E-state index is 13.2. The van der Waals surface area contributed by atoms with Crippen molar-refractivity contribution >= 4 is 15.9 Å². The molecule has 1 atom stereocenters. The highest BCUT2D eigenvalue weighted by molar-refractivity contribution is 7.88.